The molecule has 0 saturated heterocycles. The van der Waals surface area contributed by atoms with Gasteiger partial charge in [-0.1, -0.05) is 26.7 Å². The maximum atomic E-state index is 10.8. The molecule has 1 unspecified atom stereocenters. The second-order valence-corrected chi connectivity index (χ2v) is 4.06. The molecule has 76 valence electrons. The summed E-state index contributed by atoms with van der Waals surface area (Å²) in [5.41, 5.74) is 5.64. The zero-order chi connectivity index (χ0) is 10.1. The van der Waals surface area contributed by atoms with Crippen molar-refractivity contribution in [1.82, 2.24) is 0 Å². The Morgan fingerprint density at radius 2 is 1.92 bits per heavy atom. The van der Waals surface area contributed by atoms with Crippen LogP contribution in [0.4, 0.5) is 0 Å². The predicted octanol–water partition coefficient (Wildman–Crippen LogP) is 1.61. The van der Waals surface area contributed by atoms with Crippen molar-refractivity contribution in [1.29, 1.82) is 0 Å². The van der Waals surface area contributed by atoms with Crippen LogP contribution in [0.5, 0.6) is 0 Å². The Hall–Kier alpha value is -0.570. The highest BCUT2D eigenvalue weighted by Gasteiger charge is 2.54. The van der Waals surface area contributed by atoms with Gasteiger partial charge in [-0.2, -0.15) is 0 Å². The van der Waals surface area contributed by atoms with Gasteiger partial charge in [0.2, 0.25) is 0 Å². The molecule has 0 aromatic heterocycles. The first-order valence-corrected chi connectivity index (χ1v) is 5.06. The molecular formula is C10H19NO2. The summed E-state index contributed by atoms with van der Waals surface area (Å²) >= 11 is 0. The van der Waals surface area contributed by atoms with E-state index < -0.39 is 12.0 Å². The minimum Gasteiger partial charge on any atom is -0.480 e. The van der Waals surface area contributed by atoms with Crippen LogP contribution in [0, 0.1) is 11.3 Å². The van der Waals surface area contributed by atoms with E-state index >= 15 is 0 Å². The fourth-order valence-corrected chi connectivity index (χ4v) is 2.47. The maximum Gasteiger partial charge on any atom is 0.321 e. The van der Waals surface area contributed by atoms with Crippen LogP contribution in [-0.4, -0.2) is 17.1 Å². The van der Waals surface area contributed by atoms with Crippen molar-refractivity contribution in [3.8, 4) is 0 Å². The summed E-state index contributed by atoms with van der Waals surface area (Å²) in [4.78, 5) is 10.8. The Morgan fingerprint density at radius 3 is 2.15 bits per heavy atom. The minimum absolute atomic E-state index is 0.0741. The zero-order valence-electron chi connectivity index (χ0n) is 8.42. The molecule has 1 saturated carbocycles. The van der Waals surface area contributed by atoms with E-state index in [1.165, 1.54) is 0 Å². The number of nitrogens with two attached hydrogens (primary N) is 1. The molecule has 0 aromatic rings. The molecule has 3 N–H and O–H groups in total. The van der Waals surface area contributed by atoms with Crippen molar-refractivity contribution >= 4 is 5.97 Å². The van der Waals surface area contributed by atoms with E-state index in [0.717, 1.165) is 25.7 Å². The van der Waals surface area contributed by atoms with Crippen molar-refractivity contribution in [3.63, 3.8) is 0 Å². The molecule has 0 aromatic carbocycles. The minimum atomic E-state index is -0.843. The summed E-state index contributed by atoms with van der Waals surface area (Å²) in [6, 6.07) is -0.655. The molecule has 0 radical (unpaired) electrons. The first kappa shape index (κ1) is 10.5. The van der Waals surface area contributed by atoms with Gasteiger partial charge in [0.15, 0.2) is 0 Å². The summed E-state index contributed by atoms with van der Waals surface area (Å²) in [6.45, 7) is 4.23. The average Bonchev–Trinajstić information content (AvgIpc) is 2.87. The Bertz CT molecular complexity index is 195. The molecule has 0 amide bonds. The molecule has 1 atom stereocenters. The number of carboxylic acids is 1. The first-order valence-electron chi connectivity index (χ1n) is 5.06. The van der Waals surface area contributed by atoms with Crippen LogP contribution in [0.25, 0.3) is 0 Å². The van der Waals surface area contributed by atoms with Gasteiger partial charge in [-0.3, -0.25) is 4.79 Å². The normalized spacial score (nSPS) is 21.5. The molecule has 0 spiro atoms. The molecule has 13 heavy (non-hydrogen) atoms. The molecule has 1 fully saturated rings. The fraction of sp³-hybridized carbons (Fsp3) is 0.900. The van der Waals surface area contributed by atoms with E-state index in [1.807, 2.05) is 0 Å². The van der Waals surface area contributed by atoms with Gasteiger partial charge in [-0.25, -0.2) is 0 Å². The van der Waals surface area contributed by atoms with E-state index in [9.17, 15) is 4.79 Å². The van der Waals surface area contributed by atoms with Crippen molar-refractivity contribution < 1.29 is 9.90 Å². The molecule has 3 nitrogen and oxygen atoms in total. The lowest BCUT2D eigenvalue weighted by Gasteiger charge is -2.28. The third-order valence-electron chi connectivity index (χ3n) is 3.51. The average molecular weight is 185 g/mol. The van der Waals surface area contributed by atoms with E-state index in [4.69, 9.17) is 10.8 Å². The number of carboxylic acid groups (broad SMARTS) is 1. The van der Waals surface area contributed by atoms with E-state index in [-0.39, 0.29) is 5.41 Å². The molecule has 1 aliphatic rings. The van der Waals surface area contributed by atoms with Gasteiger partial charge in [0.1, 0.15) is 6.04 Å². The lowest BCUT2D eigenvalue weighted by Crippen LogP contribution is -2.43. The Kier molecular flexibility index (Phi) is 2.96. The standard InChI is InChI=1S/C10H19NO2/c1-3-7(4-2)10(5-6-10)8(11)9(12)13/h7-8H,3-6,11H2,1-2H3,(H,12,13). The topological polar surface area (TPSA) is 63.3 Å². The van der Waals surface area contributed by atoms with Crippen LogP contribution in [0.3, 0.4) is 0 Å². The number of hydrogen-bond acceptors (Lipinski definition) is 2. The van der Waals surface area contributed by atoms with E-state index in [2.05, 4.69) is 13.8 Å². The first-order chi connectivity index (χ1) is 6.08. The van der Waals surface area contributed by atoms with Crippen molar-refractivity contribution in [2.45, 2.75) is 45.6 Å². The Morgan fingerprint density at radius 1 is 1.46 bits per heavy atom. The number of aliphatic carboxylic acids is 1. The highest BCUT2D eigenvalue weighted by molar-refractivity contribution is 5.75. The zero-order valence-corrected chi connectivity index (χ0v) is 8.42. The lowest BCUT2D eigenvalue weighted by atomic mass is 9.79. The van der Waals surface area contributed by atoms with Crippen LogP contribution < -0.4 is 5.73 Å². The number of hydrogen-bond donors (Lipinski definition) is 2. The summed E-state index contributed by atoms with van der Waals surface area (Å²) in [7, 11) is 0. The second kappa shape index (κ2) is 3.66. The maximum absolute atomic E-state index is 10.8. The van der Waals surface area contributed by atoms with Crippen molar-refractivity contribution in [2.24, 2.45) is 17.1 Å². The van der Waals surface area contributed by atoms with Gasteiger partial charge >= 0.3 is 5.97 Å². The van der Waals surface area contributed by atoms with E-state index in [0.29, 0.717) is 5.92 Å². The van der Waals surface area contributed by atoms with Crippen molar-refractivity contribution in [2.75, 3.05) is 0 Å². The molecule has 0 aliphatic heterocycles. The smallest absolute Gasteiger partial charge is 0.321 e. The molecule has 0 heterocycles. The SMILES string of the molecule is CCC(CC)C1(C(N)C(=O)O)CC1. The molecule has 1 aliphatic carbocycles. The van der Waals surface area contributed by atoms with Gasteiger partial charge in [-0.15, -0.1) is 0 Å². The molecule has 1 rings (SSSR count). The van der Waals surface area contributed by atoms with Gasteiger partial charge in [-0.05, 0) is 24.2 Å². The second-order valence-electron chi connectivity index (χ2n) is 4.06. The van der Waals surface area contributed by atoms with Crippen molar-refractivity contribution in [3.05, 3.63) is 0 Å². The summed E-state index contributed by atoms with van der Waals surface area (Å²) < 4.78 is 0. The Labute approximate surface area is 79.3 Å². The van der Waals surface area contributed by atoms with Gasteiger partial charge in [0.05, 0.1) is 0 Å². The highest BCUT2D eigenvalue weighted by Crippen LogP contribution is 2.56. The Balaban J connectivity index is 2.69. The number of rotatable bonds is 5. The van der Waals surface area contributed by atoms with Crippen LogP contribution in [0.15, 0.2) is 0 Å². The van der Waals surface area contributed by atoms with Crippen LogP contribution >= 0.6 is 0 Å². The van der Waals surface area contributed by atoms with Crippen LogP contribution in [0.1, 0.15) is 39.5 Å². The summed E-state index contributed by atoms with van der Waals surface area (Å²) in [5.74, 6) is -0.358. The quantitative estimate of drug-likeness (QED) is 0.684. The van der Waals surface area contributed by atoms with Gasteiger partial charge in [0, 0.05) is 0 Å². The largest absolute Gasteiger partial charge is 0.480 e. The monoisotopic (exact) mass is 185 g/mol. The number of carbonyl (C=O) groups is 1. The summed E-state index contributed by atoms with van der Waals surface area (Å²) in [5, 5.41) is 8.87. The lowest BCUT2D eigenvalue weighted by molar-refractivity contribution is -0.141. The van der Waals surface area contributed by atoms with Crippen LogP contribution in [0.2, 0.25) is 0 Å². The fourth-order valence-electron chi connectivity index (χ4n) is 2.47. The molecule has 0 bridgehead atoms. The molecular weight excluding hydrogens is 166 g/mol. The van der Waals surface area contributed by atoms with E-state index in [1.54, 1.807) is 0 Å². The highest BCUT2D eigenvalue weighted by atomic mass is 16.4. The van der Waals surface area contributed by atoms with Gasteiger partial charge in [0.25, 0.3) is 0 Å². The van der Waals surface area contributed by atoms with Gasteiger partial charge < -0.3 is 10.8 Å². The van der Waals surface area contributed by atoms with Crippen LogP contribution in [-0.2, 0) is 4.79 Å². The molecule has 3 heteroatoms. The third-order valence-corrected chi connectivity index (χ3v) is 3.51. The summed E-state index contributed by atoms with van der Waals surface area (Å²) in [6.07, 6.45) is 4.06. The predicted molar refractivity (Wildman–Crippen MR) is 51.4 cm³/mol. The third kappa shape index (κ3) is 1.70.